The first-order valence-corrected chi connectivity index (χ1v) is 4.82. The number of hydrogen-bond acceptors (Lipinski definition) is 0. The van der Waals surface area contributed by atoms with Crippen molar-refractivity contribution >= 4 is 0 Å². The summed E-state index contributed by atoms with van der Waals surface area (Å²) in [4.78, 5) is 0. The molecule has 0 saturated heterocycles. The predicted octanol–water partition coefficient (Wildman–Crippen LogP) is 1.75. The summed E-state index contributed by atoms with van der Waals surface area (Å²) in [5, 5.41) is 1.54. The second kappa shape index (κ2) is 2.07. The van der Waals surface area contributed by atoms with Crippen molar-refractivity contribution in [3.63, 3.8) is 0 Å². The van der Waals surface area contributed by atoms with E-state index in [0.29, 0.717) is 0 Å². The van der Waals surface area contributed by atoms with Crippen LogP contribution in [-0.2, 0) is 18.3 Å². The fourth-order valence-corrected chi connectivity index (χ4v) is 1.99. The second-order valence-electron chi connectivity index (χ2n) is 2.09. The molecule has 0 atom stereocenters. The van der Waals surface area contributed by atoms with E-state index in [1.54, 1.807) is 17.9 Å². The molecule has 1 rings (SSSR count). The van der Waals surface area contributed by atoms with Crippen molar-refractivity contribution in [3.05, 3.63) is 0 Å². The molecule has 0 N–H and O–H groups in total. The Morgan fingerprint density at radius 1 is 1.50 bits per heavy atom. The summed E-state index contributed by atoms with van der Waals surface area (Å²) in [7, 11) is 0. The topological polar surface area (TPSA) is 0 Å². The molecule has 1 saturated carbocycles. The molecule has 0 aromatic heterocycles. The minimum atomic E-state index is 1.17. The van der Waals surface area contributed by atoms with E-state index >= 15 is 0 Å². The van der Waals surface area contributed by atoms with Crippen LogP contribution in [0.15, 0.2) is 0 Å². The molecule has 1 aliphatic rings. The Balaban J connectivity index is 2.01. The van der Waals surface area contributed by atoms with Crippen LogP contribution in [0.25, 0.3) is 0 Å². The van der Waals surface area contributed by atoms with Gasteiger partial charge in [0.15, 0.2) is 0 Å². The van der Waals surface area contributed by atoms with Gasteiger partial charge < -0.3 is 0 Å². The zero-order valence-electron chi connectivity index (χ0n) is 4.11. The van der Waals surface area contributed by atoms with Gasteiger partial charge in [0.25, 0.3) is 0 Å². The summed E-state index contributed by atoms with van der Waals surface area (Å²) in [5.41, 5.74) is 0. The van der Waals surface area contributed by atoms with Crippen molar-refractivity contribution in [2.24, 2.45) is 5.92 Å². The van der Waals surface area contributed by atoms with Gasteiger partial charge in [-0.2, -0.15) is 0 Å². The molecule has 1 heteroatoms. The zero-order valence-corrected chi connectivity index (χ0v) is 7.08. The summed E-state index contributed by atoms with van der Waals surface area (Å²) >= 11 is 1.52. The van der Waals surface area contributed by atoms with Crippen molar-refractivity contribution in [1.82, 2.24) is 0 Å². The molecule has 0 aromatic carbocycles. The normalized spacial score (nSPS) is 23.7. The maximum atomic E-state index is 1.54. The molecule has 0 aliphatic heterocycles. The molecule has 31 valence electrons. The van der Waals surface area contributed by atoms with Crippen molar-refractivity contribution in [3.8, 4) is 0 Å². The fraction of sp³-hybridized carbons (Fsp3) is 1.00. The first kappa shape index (κ1) is 4.77. The van der Waals surface area contributed by atoms with Gasteiger partial charge in [-0.25, -0.2) is 0 Å². The van der Waals surface area contributed by atoms with Crippen LogP contribution in [0.1, 0.15) is 19.3 Å². The van der Waals surface area contributed by atoms with E-state index in [-0.39, 0.29) is 0 Å². The van der Waals surface area contributed by atoms with E-state index in [9.17, 15) is 0 Å². The molecule has 1 fully saturated rings. The van der Waals surface area contributed by atoms with Crippen LogP contribution < -0.4 is 0 Å². The third kappa shape index (κ3) is 0.816. The van der Waals surface area contributed by atoms with Gasteiger partial charge in [0.2, 0.25) is 0 Å². The predicted molar refractivity (Wildman–Crippen MR) is 22.1 cm³/mol. The van der Waals surface area contributed by atoms with E-state index in [0.717, 1.165) is 0 Å². The summed E-state index contributed by atoms with van der Waals surface area (Å²) in [6.45, 7) is 0. The molecular formula is C5H9Zn. The van der Waals surface area contributed by atoms with E-state index in [2.05, 4.69) is 0 Å². The van der Waals surface area contributed by atoms with E-state index in [4.69, 9.17) is 0 Å². The Morgan fingerprint density at radius 3 is 2.17 bits per heavy atom. The first-order valence-electron chi connectivity index (χ1n) is 2.72. The quantitative estimate of drug-likeness (QED) is 0.480. The van der Waals surface area contributed by atoms with E-state index in [1.807, 2.05) is 0 Å². The zero-order chi connectivity index (χ0) is 4.41. The average Bonchev–Trinajstić information content (AvgIpc) is 1.31. The van der Waals surface area contributed by atoms with Gasteiger partial charge in [-0.05, 0) is 0 Å². The van der Waals surface area contributed by atoms with Gasteiger partial charge >= 0.3 is 48.5 Å². The molecule has 0 bridgehead atoms. The van der Waals surface area contributed by atoms with Crippen molar-refractivity contribution in [2.45, 2.75) is 24.3 Å². The molecule has 1 aliphatic carbocycles. The monoisotopic (exact) mass is 133 g/mol. The fourth-order valence-electron chi connectivity index (χ4n) is 0.781. The van der Waals surface area contributed by atoms with Crippen molar-refractivity contribution < 1.29 is 18.3 Å². The molecule has 6 heavy (non-hydrogen) atoms. The minimum absolute atomic E-state index is 1.17. The van der Waals surface area contributed by atoms with Crippen LogP contribution in [0.2, 0.25) is 5.02 Å². The molecular weight excluding hydrogens is 125 g/mol. The van der Waals surface area contributed by atoms with Gasteiger partial charge in [0.1, 0.15) is 0 Å². The van der Waals surface area contributed by atoms with Crippen LogP contribution in [0.4, 0.5) is 0 Å². The molecule has 0 unspecified atom stereocenters. The molecule has 0 nitrogen and oxygen atoms in total. The standard InChI is InChI=1S/C5H9.Zn/c1-5-3-2-4-5;/h5H,1-4H2;. The average molecular weight is 135 g/mol. The van der Waals surface area contributed by atoms with Crippen LogP contribution in [-0.4, -0.2) is 0 Å². The summed E-state index contributed by atoms with van der Waals surface area (Å²) in [5.74, 6) is 1.17. The third-order valence-corrected chi connectivity index (χ3v) is 3.35. The van der Waals surface area contributed by atoms with Gasteiger partial charge in [-0.15, -0.1) is 0 Å². The van der Waals surface area contributed by atoms with E-state index < -0.39 is 0 Å². The molecule has 0 amide bonds. The van der Waals surface area contributed by atoms with Crippen LogP contribution in [0.3, 0.4) is 0 Å². The van der Waals surface area contributed by atoms with E-state index in [1.165, 1.54) is 30.6 Å². The van der Waals surface area contributed by atoms with Crippen LogP contribution in [0.5, 0.6) is 0 Å². The Morgan fingerprint density at radius 2 is 2.17 bits per heavy atom. The molecule has 0 spiro atoms. The van der Waals surface area contributed by atoms with Crippen LogP contribution in [0, 0.1) is 5.92 Å². The summed E-state index contributed by atoms with van der Waals surface area (Å²) in [6.07, 6.45) is 4.60. The number of hydrogen-bond donors (Lipinski definition) is 0. The Kier molecular flexibility index (Phi) is 1.65. The Labute approximate surface area is 49.0 Å². The maximum absolute atomic E-state index is 1.54. The third-order valence-electron chi connectivity index (χ3n) is 1.63. The van der Waals surface area contributed by atoms with Gasteiger partial charge in [-0.1, -0.05) is 0 Å². The summed E-state index contributed by atoms with van der Waals surface area (Å²) in [6, 6.07) is 0. The molecule has 0 aromatic rings. The Hall–Kier alpha value is 0.623. The number of rotatable bonds is 1. The van der Waals surface area contributed by atoms with Gasteiger partial charge in [0, 0.05) is 0 Å². The SMILES string of the molecule is [Zn][CH2]C1CCC1. The molecule has 0 radical (unpaired) electrons. The van der Waals surface area contributed by atoms with Crippen molar-refractivity contribution in [1.29, 1.82) is 0 Å². The van der Waals surface area contributed by atoms with Gasteiger partial charge in [0.05, 0.1) is 0 Å². The van der Waals surface area contributed by atoms with Gasteiger partial charge in [-0.3, -0.25) is 0 Å². The molecule has 0 heterocycles. The van der Waals surface area contributed by atoms with Crippen molar-refractivity contribution in [2.75, 3.05) is 0 Å². The van der Waals surface area contributed by atoms with Crippen LogP contribution >= 0.6 is 0 Å². The second-order valence-corrected chi connectivity index (χ2v) is 3.30. The Bertz CT molecular complexity index is 36.4. The summed E-state index contributed by atoms with van der Waals surface area (Å²) < 4.78 is 0. The first-order chi connectivity index (χ1) is 2.93.